The van der Waals surface area contributed by atoms with Crippen LogP contribution < -0.4 is 5.32 Å². The molecule has 1 N–H and O–H groups in total. The normalized spacial score (nSPS) is 26.5. The minimum atomic E-state index is 0.512. The fraction of sp³-hybridized carbons (Fsp3) is 0.800. The van der Waals surface area contributed by atoms with Gasteiger partial charge in [-0.2, -0.15) is 8.75 Å². The summed E-state index contributed by atoms with van der Waals surface area (Å²) in [6.07, 6.45) is 6.41. The van der Waals surface area contributed by atoms with Gasteiger partial charge in [-0.15, -0.1) is 0 Å². The van der Waals surface area contributed by atoms with Crippen molar-refractivity contribution >= 4 is 29.1 Å². The van der Waals surface area contributed by atoms with E-state index in [-0.39, 0.29) is 0 Å². The highest BCUT2D eigenvalue weighted by Crippen LogP contribution is 2.29. The molecule has 1 fully saturated rings. The highest BCUT2D eigenvalue weighted by Gasteiger charge is 2.21. The molecule has 5 heteroatoms. The molecule has 0 saturated heterocycles. The summed E-state index contributed by atoms with van der Waals surface area (Å²) in [5.41, 5.74) is 0. The third-order valence-corrected chi connectivity index (χ3v) is 4.11. The first-order valence-electron chi connectivity index (χ1n) is 5.54. The molecule has 0 aromatic carbocycles. The molecular weight excluding hydrogens is 230 g/mol. The number of hydrogen-bond acceptors (Lipinski definition) is 4. The van der Waals surface area contributed by atoms with Crippen LogP contribution in [0, 0.1) is 5.92 Å². The Morgan fingerprint density at radius 2 is 2.07 bits per heavy atom. The fourth-order valence-electron chi connectivity index (χ4n) is 2.17. The summed E-state index contributed by atoms with van der Waals surface area (Å²) < 4.78 is 8.08. The fourth-order valence-corrected chi connectivity index (χ4v) is 2.83. The lowest BCUT2D eigenvalue weighted by molar-refractivity contribution is 0.330. The van der Waals surface area contributed by atoms with Crippen LogP contribution in [0.1, 0.15) is 39.0 Å². The smallest absolute Gasteiger partial charge is 0.186 e. The van der Waals surface area contributed by atoms with Crippen LogP contribution in [0.25, 0.3) is 0 Å². The number of hydrogen-bond donors (Lipinski definition) is 1. The summed E-state index contributed by atoms with van der Waals surface area (Å²) in [5.74, 6) is 1.69. The lowest BCUT2D eigenvalue weighted by Gasteiger charge is -2.28. The molecule has 1 aromatic heterocycles. The minimum absolute atomic E-state index is 0.512. The Balaban J connectivity index is 1.85. The SMILES string of the molecule is CCC1CCC(Nc2nsnc2Cl)CC1. The topological polar surface area (TPSA) is 37.8 Å². The van der Waals surface area contributed by atoms with Gasteiger partial charge in [0, 0.05) is 6.04 Å². The van der Waals surface area contributed by atoms with Crippen molar-refractivity contribution in [2.45, 2.75) is 45.1 Å². The predicted octanol–water partition coefficient (Wildman–Crippen LogP) is 3.57. The van der Waals surface area contributed by atoms with Gasteiger partial charge in [-0.3, -0.25) is 0 Å². The number of rotatable bonds is 3. The Morgan fingerprint density at radius 1 is 1.33 bits per heavy atom. The van der Waals surface area contributed by atoms with E-state index in [1.165, 1.54) is 43.8 Å². The van der Waals surface area contributed by atoms with E-state index in [4.69, 9.17) is 11.6 Å². The monoisotopic (exact) mass is 245 g/mol. The highest BCUT2D eigenvalue weighted by atomic mass is 35.5. The number of aromatic nitrogens is 2. The van der Waals surface area contributed by atoms with Gasteiger partial charge in [-0.05, 0) is 31.6 Å². The zero-order valence-electron chi connectivity index (χ0n) is 8.87. The van der Waals surface area contributed by atoms with Gasteiger partial charge < -0.3 is 5.32 Å². The maximum absolute atomic E-state index is 5.89. The molecule has 0 bridgehead atoms. The maximum Gasteiger partial charge on any atom is 0.186 e. The molecule has 0 aliphatic heterocycles. The number of nitrogens with one attached hydrogen (secondary N) is 1. The van der Waals surface area contributed by atoms with Gasteiger partial charge in [0.05, 0.1) is 11.7 Å². The van der Waals surface area contributed by atoms with Crippen molar-refractivity contribution in [3.05, 3.63) is 5.15 Å². The third kappa shape index (κ3) is 2.82. The van der Waals surface area contributed by atoms with Crippen LogP contribution in [0.3, 0.4) is 0 Å². The Kier molecular flexibility index (Phi) is 3.81. The van der Waals surface area contributed by atoms with Gasteiger partial charge in [0.2, 0.25) is 0 Å². The molecule has 1 aromatic rings. The van der Waals surface area contributed by atoms with Crippen LogP contribution in [0.2, 0.25) is 5.15 Å². The second-order valence-corrected chi connectivity index (χ2v) is 5.06. The summed E-state index contributed by atoms with van der Waals surface area (Å²) in [7, 11) is 0. The molecule has 84 valence electrons. The summed E-state index contributed by atoms with van der Waals surface area (Å²) in [6, 6.07) is 0.536. The Hall–Kier alpha value is -0.350. The Labute approximate surface area is 99.6 Å². The molecule has 1 saturated carbocycles. The highest BCUT2D eigenvalue weighted by molar-refractivity contribution is 6.99. The van der Waals surface area contributed by atoms with E-state index in [1.807, 2.05) is 0 Å². The van der Waals surface area contributed by atoms with E-state index in [2.05, 4.69) is 21.0 Å². The standard InChI is InChI=1S/C10H16ClN3S/c1-2-7-3-5-8(6-4-7)12-10-9(11)13-15-14-10/h7-8H,2-6H2,1H3,(H,12,14). The molecule has 0 atom stereocenters. The van der Waals surface area contributed by atoms with Crippen LogP contribution in [-0.4, -0.2) is 14.8 Å². The largest absolute Gasteiger partial charge is 0.364 e. The number of nitrogens with zero attached hydrogens (tertiary/aromatic N) is 2. The van der Waals surface area contributed by atoms with Crippen LogP contribution in [-0.2, 0) is 0 Å². The molecule has 0 radical (unpaired) electrons. The first-order valence-corrected chi connectivity index (χ1v) is 6.65. The Morgan fingerprint density at radius 3 is 2.60 bits per heavy atom. The first-order chi connectivity index (χ1) is 7.29. The van der Waals surface area contributed by atoms with Crippen molar-refractivity contribution in [1.29, 1.82) is 0 Å². The second-order valence-electron chi connectivity index (χ2n) is 4.17. The van der Waals surface area contributed by atoms with Gasteiger partial charge in [0.25, 0.3) is 0 Å². The van der Waals surface area contributed by atoms with Crippen molar-refractivity contribution in [2.75, 3.05) is 5.32 Å². The molecule has 15 heavy (non-hydrogen) atoms. The molecule has 1 aliphatic rings. The molecule has 0 unspecified atom stereocenters. The zero-order valence-corrected chi connectivity index (χ0v) is 10.4. The van der Waals surface area contributed by atoms with E-state index in [9.17, 15) is 0 Å². The second kappa shape index (κ2) is 5.12. The number of halogens is 1. The zero-order chi connectivity index (χ0) is 10.7. The van der Waals surface area contributed by atoms with Crippen LogP contribution >= 0.6 is 23.3 Å². The van der Waals surface area contributed by atoms with Crippen molar-refractivity contribution in [2.24, 2.45) is 5.92 Å². The van der Waals surface area contributed by atoms with Gasteiger partial charge in [0.15, 0.2) is 11.0 Å². The minimum Gasteiger partial charge on any atom is -0.364 e. The van der Waals surface area contributed by atoms with Crippen molar-refractivity contribution in [3.63, 3.8) is 0 Å². The lowest BCUT2D eigenvalue weighted by atomic mass is 9.84. The lowest BCUT2D eigenvalue weighted by Crippen LogP contribution is -2.26. The van der Waals surface area contributed by atoms with Gasteiger partial charge in [0.1, 0.15) is 0 Å². The van der Waals surface area contributed by atoms with E-state index < -0.39 is 0 Å². The average Bonchev–Trinajstić information content (AvgIpc) is 2.66. The van der Waals surface area contributed by atoms with Crippen LogP contribution in [0.5, 0.6) is 0 Å². The quantitative estimate of drug-likeness (QED) is 0.885. The summed E-state index contributed by atoms with van der Waals surface area (Å²) in [5, 5.41) is 3.89. The average molecular weight is 246 g/mol. The van der Waals surface area contributed by atoms with Crippen molar-refractivity contribution in [1.82, 2.24) is 8.75 Å². The van der Waals surface area contributed by atoms with Crippen LogP contribution in [0.15, 0.2) is 0 Å². The van der Waals surface area contributed by atoms with Gasteiger partial charge in [-0.25, -0.2) is 0 Å². The van der Waals surface area contributed by atoms with Gasteiger partial charge >= 0.3 is 0 Å². The molecule has 1 aliphatic carbocycles. The summed E-state index contributed by atoms with van der Waals surface area (Å²) in [6.45, 7) is 2.28. The molecule has 0 amide bonds. The van der Waals surface area contributed by atoms with Crippen LogP contribution in [0.4, 0.5) is 5.82 Å². The predicted molar refractivity (Wildman–Crippen MR) is 64.6 cm³/mol. The van der Waals surface area contributed by atoms with E-state index in [1.54, 1.807) is 0 Å². The molecule has 0 spiro atoms. The maximum atomic E-state index is 5.89. The summed E-state index contributed by atoms with van der Waals surface area (Å²) >= 11 is 7.05. The number of anilines is 1. The van der Waals surface area contributed by atoms with E-state index in [0.717, 1.165) is 11.7 Å². The Bertz CT molecular complexity index is 307. The van der Waals surface area contributed by atoms with Gasteiger partial charge in [-0.1, -0.05) is 24.9 Å². The molecule has 1 heterocycles. The van der Waals surface area contributed by atoms with Crippen molar-refractivity contribution in [3.8, 4) is 0 Å². The van der Waals surface area contributed by atoms with E-state index in [0.29, 0.717) is 11.2 Å². The van der Waals surface area contributed by atoms with E-state index >= 15 is 0 Å². The summed E-state index contributed by atoms with van der Waals surface area (Å²) in [4.78, 5) is 0. The molecule has 3 nitrogen and oxygen atoms in total. The first kappa shape index (κ1) is 11.1. The third-order valence-electron chi connectivity index (χ3n) is 3.21. The molecular formula is C10H16ClN3S. The van der Waals surface area contributed by atoms with Crippen molar-refractivity contribution < 1.29 is 0 Å². The molecule has 2 rings (SSSR count).